The van der Waals surface area contributed by atoms with E-state index in [2.05, 4.69) is 26.7 Å². The van der Waals surface area contributed by atoms with E-state index < -0.39 is 5.91 Å². The summed E-state index contributed by atoms with van der Waals surface area (Å²) in [4.78, 5) is 15.9. The third-order valence-electron chi connectivity index (χ3n) is 4.32. The van der Waals surface area contributed by atoms with Crippen LogP contribution in [-0.2, 0) is 12.3 Å². The Labute approximate surface area is 165 Å². The summed E-state index contributed by atoms with van der Waals surface area (Å²) in [5, 5.41) is 12.6. The normalized spacial score (nSPS) is 13.6. The summed E-state index contributed by atoms with van der Waals surface area (Å²) in [6.45, 7) is 4.58. The maximum absolute atomic E-state index is 11.2. The van der Waals surface area contributed by atoms with E-state index in [9.17, 15) is 4.79 Å². The first kappa shape index (κ1) is 17.9. The van der Waals surface area contributed by atoms with E-state index in [1.807, 2.05) is 18.2 Å². The Morgan fingerprint density at radius 1 is 1.33 bits per heavy atom. The first-order chi connectivity index (χ1) is 13.2. The highest BCUT2D eigenvalue weighted by Gasteiger charge is 2.30. The molecule has 0 aliphatic heterocycles. The Balaban J connectivity index is 1.45. The number of rotatable bonds is 8. The van der Waals surface area contributed by atoms with Crippen molar-refractivity contribution in [2.75, 3.05) is 0 Å². The van der Waals surface area contributed by atoms with Crippen molar-refractivity contribution in [3.63, 3.8) is 0 Å². The molecule has 4 rings (SSSR count). The summed E-state index contributed by atoms with van der Waals surface area (Å²) in [7, 11) is 0. The van der Waals surface area contributed by atoms with Gasteiger partial charge in [0.1, 0.15) is 10.8 Å². The highest BCUT2D eigenvalue weighted by Crippen LogP contribution is 2.40. The minimum Gasteiger partial charge on any atom is -0.366 e. The summed E-state index contributed by atoms with van der Waals surface area (Å²) in [5.74, 6) is 1.94. The van der Waals surface area contributed by atoms with Gasteiger partial charge in [0.15, 0.2) is 5.16 Å². The number of thiazole rings is 1. The number of hydrogen-bond donors (Lipinski definition) is 1. The number of carbonyl (C=O) groups is 1. The third-order valence-corrected chi connectivity index (χ3v) is 6.26. The standard InChI is InChI=1S/C19H19N5OS2/c1-2-9-24-17(13-5-6-13)22-23-19(24)27-11-15-10-26-18(21-15)14-7-3-12(4-8-14)16(20)25/h2-4,7-8,10,13H,1,5-6,9,11H2,(H2,20,25). The molecule has 2 aromatic heterocycles. The molecular weight excluding hydrogens is 378 g/mol. The zero-order valence-electron chi connectivity index (χ0n) is 14.7. The monoisotopic (exact) mass is 397 g/mol. The van der Waals surface area contributed by atoms with Crippen molar-refractivity contribution < 1.29 is 4.79 Å². The Bertz CT molecular complexity index is 972. The second kappa shape index (κ2) is 7.66. The summed E-state index contributed by atoms with van der Waals surface area (Å²) in [5.41, 5.74) is 7.76. The molecule has 0 unspecified atom stereocenters. The lowest BCUT2D eigenvalue weighted by Crippen LogP contribution is -2.10. The highest BCUT2D eigenvalue weighted by molar-refractivity contribution is 7.98. The number of primary amides is 1. The van der Waals surface area contributed by atoms with Crippen LogP contribution in [0.3, 0.4) is 0 Å². The molecule has 27 heavy (non-hydrogen) atoms. The van der Waals surface area contributed by atoms with Crippen LogP contribution in [0, 0.1) is 0 Å². The van der Waals surface area contributed by atoms with Crippen LogP contribution in [0.1, 0.15) is 40.6 Å². The van der Waals surface area contributed by atoms with E-state index in [4.69, 9.17) is 10.7 Å². The third kappa shape index (κ3) is 3.96. The smallest absolute Gasteiger partial charge is 0.248 e. The van der Waals surface area contributed by atoms with Crippen LogP contribution in [0.15, 0.2) is 47.5 Å². The van der Waals surface area contributed by atoms with Gasteiger partial charge in [0, 0.05) is 34.7 Å². The van der Waals surface area contributed by atoms with Crippen LogP contribution in [0.5, 0.6) is 0 Å². The van der Waals surface area contributed by atoms with E-state index in [1.54, 1.807) is 35.2 Å². The fourth-order valence-corrected chi connectivity index (χ4v) is 4.55. The first-order valence-electron chi connectivity index (χ1n) is 8.67. The van der Waals surface area contributed by atoms with Crippen LogP contribution in [0.4, 0.5) is 0 Å². The predicted octanol–water partition coefficient (Wildman–Crippen LogP) is 3.86. The average Bonchev–Trinajstić information content (AvgIpc) is 3.27. The van der Waals surface area contributed by atoms with Crippen molar-refractivity contribution >= 4 is 29.0 Å². The lowest BCUT2D eigenvalue weighted by molar-refractivity contribution is 0.100. The van der Waals surface area contributed by atoms with Crippen LogP contribution in [0.2, 0.25) is 0 Å². The number of benzene rings is 1. The second-order valence-electron chi connectivity index (χ2n) is 6.39. The molecule has 1 aliphatic carbocycles. The highest BCUT2D eigenvalue weighted by atomic mass is 32.2. The first-order valence-corrected chi connectivity index (χ1v) is 10.5. The fraction of sp³-hybridized carbons (Fsp3) is 0.263. The van der Waals surface area contributed by atoms with Gasteiger partial charge < -0.3 is 10.3 Å². The van der Waals surface area contributed by atoms with Crippen molar-refractivity contribution in [1.82, 2.24) is 19.7 Å². The molecule has 8 heteroatoms. The van der Waals surface area contributed by atoms with Crippen LogP contribution >= 0.6 is 23.1 Å². The molecule has 1 aromatic carbocycles. The predicted molar refractivity (Wildman–Crippen MR) is 108 cm³/mol. The molecular formula is C19H19N5OS2. The molecule has 1 saturated carbocycles. The largest absolute Gasteiger partial charge is 0.366 e. The van der Waals surface area contributed by atoms with Crippen molar-refractivity contribution in [2.24, 2.45) is 5.73 Å². The number of aromatic nitrogens is 4. The fourth-order valence-electron chi connectivity index (χ4n) is 2.77. The van der Waals surface area contributed by atoms with Gasteiger partial charge in [0.05, 0.1) is 5.69 Å². The van der Waals surface area contributed by atoms with E-state index in [0.717, 1.165) is 39.5 Å². The van der Waals surface area contributed by atoms with Gasteiger partial charge in [-0.2, -0.15) is 0 Å². The molecule has 2 heterocycles. The summed E-state index contributed by atoms with van der Waals surface area (Å²) < 4.78 is 2.16. The molecule has 1 aliphatic rings. The van der Waals surface area contributed by atoms with Crippen LogP contribution in [0.25, 0.3) is 10.6 Å². The molecule has 1 fully saturated rings. The molecule has 0 spiro atoms. The molecule has 138 valence electrons. The summed E-state index contributed by atoms with van der Waals surface area (Å²) >= 11 is 3.23. The topological polar surface area (TPSA) is 86.7 Å². The number of amides is 1. The Morgan fingerprint density at radius 2 is 2.11 bits per heavy atom. The number of thioether (sulfide) groups is 1. The molecule has 0 atom stereocenters. The SMILES string of the molecule is C=CCn1c(SCc2csc(-c3ccc(C(N)=O)cc3)n2)nnc1C1CC1. The number of nitrogens with two attached hydrogens (primary N) is 1. The summed E-state index contributed by atoms with van der Waals surface area (Å²) in [6.07, 6.45) is 4.28. The van der Waals surface area contributed by atoms with Gasteiger partial charge >= 0.3 is 0 Å². The maximum Gasteiger partial charge on any atom is 0.248 e. The van der Waals surface area contributed by atoms with Gasteiger partial charge in [-0.25, -0.2) is 4.98 Å². The maximum atomic E-state index is 11.2. The quantitative estimate of drug-likeness (QED) is 0.461. The second-order valence-corrected chi connectivity index (χ2v) is 8.19. The van der Waals surface area contributed by atoms with Crippen molar-refractivity contribution in [3.8, 4) is 10.6 Å². The van der Waals surface area contributed by atoms with E-state index in [0.29, 0.717) is 11.5 Å². The lowest BCUT2D eigenvalue weighted by atomic mass is 10.1. The molecule has 0 radical (unpaired) electrons. The van der Waals surface area contributed by atoms with Crippen molar-refractivity contribution in [3.05, 3.63) is 59.4 Å². The number of nitrogens with zero attached hydrogens (tertiary/aromatic N) is 4. The van der Waals surface area contributed by atoms with E-state index in [1.165, 1.54) is 12.8 Å². The zero-order chi connectivity index (χ0) is 18.8. The minimum absolute atomic E-state index is 0.424. The van der Waals surface area contributed by atoms with Crippen LogP contribution in [-0.4, -0.2) is 25.7 Å². The number of allylic oxidation sites excluding steroid dienone is 1. The lowest BCUT2D eigenvalue weighted by Gasteiger charge is -2.06. The minimum atomic E-state index is -0.424. The van der Waals surface area contributed by atoms with Gasteiger partial charge in [-0.15, -0.1) is 28.1 Å². The molecule has 6 nitrogen and oxygen atoms in total. The van der Waals surface area contributed by atoms with Gasteiger partial charge in [-0.1, -0.05) is 30.0 Å². The Hall–Kier alpha value is -2.45. The Morgan fingerprint density at radius 3 is 2.78 bits per heavy atom. The molecule has 3 aromatic rings. The van der Waals surface area contributed by atoms with Gasteiger partial charge in [-0.05, 0) is 25.0 Å². The average molecular weight is 398 g/mol. The van der Waals surface area contributed by atoms with Gasteiger partial charge in [0.2, 0.25) is 5.91 Å². The Kier molecular flexibility index (Phi) is 5.09. The number of carbonyl (C=O) groups excluding carboxylic acids is 1. The van der Waals surface area contributed by atoms with Gasteiger partial charge in [0.25, 0.3) is 0 Å². The van der Waals surface area contributed by atoms with Crippen molar-refractivity contribution in [2.45, 2.75) is 36.2 Å². The summed E-state index contributed by atoms with van der Waals surface area (Å²) in [6, 6.07) is 7.20. The molecule has 2 N–H and O–H groups in total. The van der Waals surface area contributed by atoms with Crippen LogP contribution < -0.4 is 5.73 Å². The number of hydrogen-bond acceptors (Lipinski definition) is 6. The molecule has 0 saturated heterocycles. The molecule has 1 amide bonds. The van der Waals surface area contributed by atoms with Gasteiger partial charge in [-0.3, -0.25) is 4.79 Å². The van der Waals surface area contributed by atoms with E-state index >= 15 is 0 Å². The molecule has 0 bridgehead atoms. The zero-order valence-corrected chi connectivity index (χ0v) is 16.3. The van der Waals surface area contributed by atoms with E-state index in [-0.39, 0.29) is 0 Å². The van der Waals surface area contributed by atoms with Crippen molar-refractivity contribution in [1.29, 1.82) is 0 Å².